The minimum Gasteiger partial charge on any atom is -0.369 e. The van der Waals surface area contributed by atoms with Crippen LogP contribution in [0.4, 0.5) is 5.82 Å². The van der Waals surface area contributed by atoms with Crippen molar-refractivity contribution >= 4 is 11.7 Å². The van der Waals surface area contributed by atoms with Crippen molar-refractivity contribution in [2.75, 3.05) is 18.4 Å². The zero-order chi connectivity index (χ0) is 22.5. The second-order valence-electron chi connectivity index (χ2n) is 7.61. The van der Waals surface area contributed by atoms with Crippen molar-refractivity contribution in [2.24, 2.45) is 14.1 Å². The van der Waals surface area contributed by atoms with E-state index in [1.165, 1.54) is 6.92 Å². The third kappa shape index (κ3) is 5.00. The monoisotopic (exact) mass is 430 g/mol. The van der Waals surface area contributed by atoms with Crippen LogP contribution in [0.3, 0.4) is 0 Å². The summed E-state index contributed by atoms with van der Waals surface area (Å²) in [6.07, 6.45) is 10.2. The fourth-order valence-electron chi connectivity index (χ4n) is 3.39. The lowest BCUT2D eigenvalue weighted by Crippen LogP contribution is -2.22. The maximum absolute atomic E-state index is 11.1. The molecule has 1 amide bonds. The van der Waals surface area contributed by atoms with Crippen LogP contribution < -0.4 is 10.6 Å². The number of anilines is 1. The maximum Gasteiger partial charge on any atom is 0.216 e. The van der Waals surface area contributed by atoms with Gasteiger partial charge in [-0.25, -0.2) is 9.97 Å². The number of benzene rings is 1. The van der Waals surface area contributed by atoms with Crippen LogP contribution in [0.25, 0.3) is 33.6 Å². The molecule has 9 nitrogen and oxygen atoms in total. The quantitative estimate of drug-likeness (QED) is 0.417. The van der Waals surface area contributed by atoms with Gasteiger partial charge in [0.25, 0.3) is 0 Å². The molecule has 1 aromatic carbocycles. The number of carbonyl (C=O) groups excluding carboxylic acids is 1. The van der Waals surface area contributed by atoms with Gasteiger partial charge in [-0.3, -0.25) is 14.2 Å². The molecule has 0 radical (unpaired) electrons. The van der Waals surface area contributed by atoms with Crippen molar-refractivity contribution in [3.8, 4) is 33.6 Å². The van der Waals surface area contributed by atoms with Crippen LogP contribution in [0.15, 0.2) is 55.2 Å². The molecular weight excluding hydrogens is 404 g/mol. The molecule has 2 N–H and O–H groups in total. The van der Waals surface area contributed by atoms with E-state index in [0.717, 1.165) is 40.1 Å². The van der Waals surface area contributed by atoms with E-state index in [1.807, 2.05) is 57.1 Å². The SMILES string of the molecule is CC(=O)NCCCNc1nc(-c2cccc(-c3cnn(C)c3)c2)ncc1-c1cnn(C)c1. The largest absolute Gasteiger partial charge is 0.369 e. The van der Waals surface area contributed by atoms with Crippen LogP contribution in [0.5, 0.6) is 0 Å². The Hall–Kier alpha value is -4.01. The number of aromatic nitrogens is 6. The maximum atomic E-state index is 11.1. The van der Waals surface area contributed by atoms with Crippen LogP contribution in [-0.4, -0.2) is 48.5 Å². The Bertz CT molecular complexity index is 1230. The molecule has 0 aliphatic heterocycles. The van der Waals surface area contributed by atoms with Gasteiger partial charge in [-0.2, -0.15) is 10.2 Å². The minimum absolute atomic E-state index is 0.0288. The molecule has 0 spiro atoms. The zero-order valence-electron chi connectivity index (χ0n) is 18.4. The summed E-state index contributed by atoms with van der Waals surface area (Å²) < 4.78 is 3.53. The van der Waals surface area contributed by atoms with E-state index in [0.29, 0.717) is 18.9 Å². The van der Waals surface area contributed by atoms with E-state index < -0.39 is 0 Å². The van der Waals surface area contributed by atoms with Crippen molar-refractivity contribution in [2.45, 2.75) is 13.3 Å². The van der Waals surface area contributed by atoms with E-state index in [2.05, 4.69) is 31.9 Å². The second-order valence-corrected chi connectivity index (χ2v) is 7.61. The summed E-state index contributed by atoms with van der Waals surface area (Å²) in [6, 6.07) is 8.11. The number of nitrogens with one attached hydrogen (secondary N) is 2. The molecule has 0 aliphatic carbocycles. The Labute approximate surface area is 186 Å². The van der Waals surface area contributed by atoms with Gasteiger partial charge in [0.1, 0.15) is 5.82 Å². The smallest absolute Gasteiger partial charge is 0.216 e. The third-order valence-corrected chi connectivity index (χ3v) is 4.98. The molecule has 32 heavy (non-hydrogen) atoms. The first-order valence-corrected chi connectivity index (χ1v) is 10.4. The van der Waals surface area contributed by atoms with Crippen molar-refractivity contribution in [3.05, 3.63) is 55.2 Å². The lowest BCUT2D eigenvalue weighted by Gasteiger charge is -2.12. The number of hydrogen-bond acceptors (Lipinski definition) is 6. The summed E-state index contributed by atoms with van der Waals surface area (Å²) in [5.74, 6) is 1.34. The van der Waals surface area contributed by atoms with E-state index in [9.17, 15) is 4.79 Å². The topological polar surface area (TPSA) is 103 Å². The van der Waals surface area contributed by atoms with Crippen molar-refractivity contribution in [1.29, 1.82) is 0 Å². The van der Waals surface area contributed by atoms with Gasteiger partial charge in [-0.15, -0.1) is 0 Å². The van der Waals surface area contributed by atoms with Crippen molar-refractivity contribution in [1.82, 2.24) is 34.8 Å². The van der Waals surface area contributed by atoms with Crippen LogP contribution in [-0.2, 0) is 18.9 Å². The van der Waals surface area contributed by atoms with Crippen molar-refractivity contribution < 1.29 is 4.79 Å². The summed E-state index contributed by atoms with van der Waals surface area (Å²) in [7, 11) is 3.78. The lowest BCUT2D eigenvalue weighted by molar-refractivity contribution is -0.118. The number of aryl methyl sites for hydroxylation is 2. The van der Waals surface area contributed by atoms with Gasteiger partial charge in [0.05, 0.1) is 12.4 Å². The number of hydrogen-bond donors (Lipinski definition) is 2. The molecule has 0 unspecified atom stereocenters. The van der Waals surface area contributed by atoms with Crippen molar-refractivity contribution in [3.63, 3.8) is 0 Å². The Morgan fingerprint density at radius 3 is 2.34 bits per heavy atom. The predicted molar refractivity (Wildman–Crippen MR) is 124 cm³/mol. The average molecular weight is 431 g/mol. The molecule has 4 rings (SSSR count). The van der Waals surface area contributed by atoms with E-state index >= 15 is 0 Å². The summed E-state index contributed by atoms with van der Waals surface area (Å²) >= 11 is 0. The first kappa shape index (κ1) is 21.2. The molecule has 9 heteroatoms. The number of rotatable bonds is 8. The molecular formula is C23H26N8O. The van der Waals surface area contributed by atoms with Crippen LogP contribution in [0, 0.1) is 0 Å². The molecule has 0 aliphatic rings. The van der Waals surface area contributed by atoms with Gasteiger partial charge in [0.15, 0.2) is 5.82 Å². The lowest BCUT2D eigenvalue weighted by atomic mass is 10.1. The van der Waals surface area contributed by atoms with Gasteiger partial charge in [-0.05, 0) is 18.1 Å². The molecule has 0 bridgehead atoms. The number of nitrogens with zero attached hydrogens (tertiary/aromatic N) is 6. The Morgan fingerprint density at radius 1 is 0.938 bits per heavy atom. The van der Waals surface area contributed by atoms with E-state index in [4.69, 9.17) is 4.98 Å². The van der Waals surface area contributed by atoms with Crippen LogP contribution in [0.1, 0.15) is 13.3 Å². The fourth-order valence-corrected chi connectivity index (χ4v) is 3.39. The Morgan fingerprint density at radius 2 is 1.66 bits per heavy atom. The number of carbonyl (C=O) groups is 1. The summed E-state index contributed by atoms with van der Waals surface area (Å²) in [4.78, 5) is 20.6. The molecule has 0 atom stereocenters. The molecule has 0 saturated heterocycles. The average Bonchev–Trinajstić information content (AvgIpc) is 3.41. The highest BCUT2D eigenvalue weighted by Gasteiger charge is 2.13. The molecule has 0 saturated carbocycles. The zero-order valence-corrected chi connectivity index (χ0v) is 18.4. The van der Waals surface area contributed by atoms with Gasteiger partial charge in [0, 0.05) is 75.0 Å². The summed E-state index contributed by atoms with van der Waals surface area (Å²) in [5, 5.41) is 14.7. The molecule has 164 valence electrons. The molecule has 0 fully saturated rings. The summed E-state index contributed by atoms with van der Waals surface area (Å²) in [6.45, 7) is 2.79. The first-order chi connectivity index (χ1) is 15.5. The molecule has 3 aromatic heterocycles. The highest BCUT2D eigenvalue weighted by molar-refractivity contribution is 5.76. The van der Waals surface area contributed by atoms with E-state index in [-0.39, 0.29) is 5.91 Å². The van der Waals surface area contributed by atoms with Gasteiger partial charge >= 0.3 is 0 Å². The van der Waals surface area contributed by atoms with Crippen LogP contribution >= 0.6 is 0 Å². The van der Waals surface area contributed by atoms with Gasteiger partial charge in [0.2, 0.25) is 5.91 Å². The third-order valence-electron chi connectivity index (χ3n) is 4.98. The fraction of sp³-hybridized carbons (Fsp3) is 0.261. The van der Waals surface area contributed by atoms with Gasteiger partial charge in [-0.1, -0.05) is 18.2 Å². The van der Waals surface area contributed by atoms with Gasteiger partial charge < -0.3 is 10.6 Å². The standard InChI is InChI=1S/C23H26N8O/c1-16(32)24-8-5-9-25-23-21(20-12-28-31(3)15-20)13-26-22(29-23)18-7-4-6-17(10-18)19-11-27-30(2)14-19/h4,6-7,10-15H,5,8-9H2,1-3H3,(H,24,32)(H,25,26,29). The predicted octanol–water partition coefficient (Wildman–Crippen LogP) is 2.88. The Kier molecular flexibility index (Phi) is 6.25. The Balaban J connectivity index is 1.62. The highest BCUT2D eigenvalue weighted by Crippen LogP contribution is 2.29. The van der Waals surface area contributed by atoms with E-state index in [1.54, 1.807) is 15.6 Å². The molecule has 3 heterocycles. The van der Waals surface area contributed by atoms with Crippen LogP contribution in [0.2, 0.25) is 0 Å². The minimum atomic E-state index is -0.0288. The first-order valence-electron chi connectivity index (χ1n) is 10.4. The normalized spacial score (nSPS) is 10.8. The second kappa shape index (κ2) is 9.42. The molecule has 4 aromatic rings. The summed E-state index contributed by atoms with van der Waals surface area (Å²) in [5.41, 5.74) is 4.83. The highest BCUT2D eigenvalue weighted by atomic mass is 16.1. The number of amides is 1.